The second kappa shape index (κ2) is 6.01. The molecule has 0 atom stereocenters. The summed E-state index contributed by atoms with van der Waals surface area (Å²) in [6, 6.07) is 13.5. The number of hydrogen-bond donors (Lipinski definition) is 1. The van der Waals surface area contributed by atoms with Crippen molar-refractivity contribution in [1.29, 1.82) is 0 Å². The Morgan fingerprint density at radius 1 is 1.19 bits per heavy atom. The average Bonchev–Trinajstić information content (AvgIpc) is 3.00. The summed E-state index contributed by atoms with van der Waals surface area (Å²) < 4.78 is 16.0. The van der Waals surface area contributed by atoms with Crippen molar-refractivity contribution in [2.24, 2.45) is 0 Å². The van der Waals surface area contributed by atoms with Crippen LogP contribution in [-0.2, 0) is 6.54 Å². The lowest BCUT2D eigenvalue weighted by molar-refractivity contribution is 0.174. The summed E-state index contributed by atoms with van der Waals surface area (Å²) in [5, 5.41) is 3.24. The van der Waals surface area contributed by atoms with Crippen LogP contribution in [0.15, 0.2) is 42.5 Å². The smallest absolute Gasteiger partial charge is 0.231 e. The lowest BCUT2D eigenvalue weighted by Gasteiger charge is -2.12. The number of methoxy groups -OCH3 is 1. The van der Waals surface area contributed by atoms with E-state index in [9.17, 15) is 0 Å². The van der Waals surface area contributed by atoms with Gasteiger partial charge in [-0.15, -0.1) is 0 Å². The highest BCUT2D eigenvalue weighted by molar-refractivity contribution is 7.80. The lowest BCUT2D eigenvalue weighted by atomic mass is 10.1. The molecule has 1 aliphatic heterocycles. The van der Waals surface area contributed by atoms with Crippen LogP contribution in [0.4, 0.5) is 0 Å². The molecule has 0 saturated heterocycles. The molecule has 108 valence electrons. The van der Waals surface area contributed by atoms with E-state index in [1.54, 1.807) is 7.11 Å². The van der Waals surface area contributed by atoms with Crippen molar-refractivity contribution in [2.75, 3.05) is 13.9 Å². The van der Waals surface area contributed by atoms with E-state index in [1.807, 2.05) is 42.5 Å². The summed E-state index contributed by atoms with van der Waals surface area (Å²) in [5.41, 5.74) is 1.97. The Bertz CT molecular complexity index is 672. The van der Waals surface area contributed by atoms with Crippen molar-refractivity contribution >= 4 is 17.2 Å². The molecule has 0 saturated carbocycles. The molecule has 0 fully saturated rings. The zero-order valence-electron chi connectivity index (χ0n) is 11.6. The molecular weight excluding hydrogens is 286 g/mol. The number of para-hydroxylation sites is 1. The highest BCUT2D eigenvalue weighted by Gasteiger charge is 2.13. The van der Waals surface area contributed by atoms with Crippen LogP contribution in [0.3, 0.4) is 0 Å². The molecule has 21 heavy (non-hydrogen) atoms. The standard InChI is InChI=1S/C16H15NO3S/c1-18-13-5-3-2-4-12(13)16(21)17-9-11-6-7-14-15(8-11)20-10-19-14/h2-8H,9-10H2,1H3,(H,17,21). The Kier molecular flexibility index (Phi) is 3.92. The summed E-state index contributed by atoms with van der Waals surface area (Å²) in [5.74, 6) is 2.32. The predicted octanol–water partition coefficient (Wildman–Crippen LogP) is 2.89. The molecule has 2 aromatic rings. The Balaban J connectivity index is 1.68. The van der Waals surface area contributed by atoms with E-state index in [2.05, 4.69) is 5.32 Å². The first-order chi connectivity index (χ1) is 10.3. The number of benzene rings is 2. The van der Waals surface area contributed by atoms with Gasteiger partial charge in [-0.2, -0.15) is 0 Å². The summed E-state index contributed by atoms with van der Waals surface area (Å²) in [4.78, 5) is 0.658. The molecule has 1 N–H and O–H groups in total. The highest BCUT2D eigenvalue weighted by Crippen LogP contribution is 2.32. The molecule has 1 heterocycles. The van der Waals surface area contributed by atoms with Gasteiger partial charge in [0.2, 0.25) is 6.79 Å². The second-order valence-corrected chi connectivity index (χ2v) is 4.98. The Hall–Kier alpha value is -2.27. The average molecular weight is 301 g/mol. The SMILES string of the molecule is COc1ccccc1C(=S)NCc1ccc2c(c1)OCO2. The number of thiocarbonyl (C=S) groups is 1. The number of fused-ring (bicyclic) bond motifs is 1. The van der Waals surface area contributed by atoms with E-state index in [0.29, 0.717) is 11.5 Å². The van der Waals surface area contributed by atoms with Crippen molar-refractivity contribution in [1.82, 2.24) is 5.32 Å². The van der Waals surface area contributed by atoms with E-state index in [-0.39, 0.29) is 6.79 Å². The van der Waals surface area contributed by atoms with Crippen molar-refractivity contribution in [3.8, 4) is 17.2 Å². The molecule has 0 spiro atoms. The zero-order valence-corrected chi connectivity index (χ0v) is 12.4. The van der Waals surface area contributed by atoms with Gasteiger partial charge >= 0.3 is 0 Å². The van der Waals surface area contributed by atoms with Crippen LogP contribution in [-0.4, -0.2) is 18.9 Å². The van der Waals surface area contributed by atoms with Gasteiger partial charge in [-0.05, 0) is 29.8 Å². The van der Waals surface area contributed by atoms with Gasteiger partial charge in [-0.1, -0.05) is 30.4 Å². The van der Waals surface area contributed by atoms with Gasteiger partial charge in [0, 0.05) is 6.54 Å². The number of nitrogens with one attached hydrogen (secondary N) is 1. The number of hydrogen-bond acceptors (Lipinski definition) is 4. The lowest BCUT2D eigenvalue weighted by Crippen LogP contribution is -2.22. The summed E-state index contributed by atoms with van der Waals surface area (Å²) in [6.45, 7) is 0.902. The van der Waals surface area contributed by atoms with Crippen LogP contribution >= 0.6 is 12.2 Å². The minimum Gasteiger partial charge on any atom is -0.496 e. The fourth-order valence-electron chi connectivity index (χ4n) is 2.16. The van der Waals surface area contributed by atoms with Crippen LogP contribution in [0.25, 0.3) is 0 Å². The first-order valence-corrected chi connectivity index (χ1v) is 6.98. The molecule has 0 amide bonds. The van der Waals surface area contributed by atoms with Crippen molar-refractivity contribution < 1.29 is 14.2 Å². The quantitative estimate of drug-likeness (QED) is 0.879. The molecule has 4 nitrogen and oxygen atoms in total. The minimum absolute atomic E-state index is 0.284. The van der Waals surface area contributed by atoms with Crippen molar-refractivity contribution in [3.63, 3.8) is 0 Å². The van der Waals surface area contributed by atoms with Crippen LogP contribution in [0.1, 0.15) is 11.1 Å². The first kappa shape index (κ1) is 13.7. The van der Waals surface area contributed by atoms with E-state index >= 15 is 0 Å². The highest BCUT2D eigenvalue weighted by atomic mass is 32.1. The number of ether oxygens (including phenoxy) is 3. The molecule has 1 aliphatic rings. The zero-order chi connectivity index (χ0) is 14.7. The van der Waals surface area contributed by atoms with Crippen LogP contribution in [0.2, 0.25) is 0 Å². The number of rotatable bonds is 4. The van der Waals surface area contributed by atoms with Gasteiger partial charge in [-0.25, -0.2) is 0 Å². The van der Waals surface area contributed by atoms with Gasteiger partial charge in [0.1, 0.15) is 10.7 Å². The third-order valence-electron chi connectivity index (χ3n) is 3.24. The van der Waals surface area contributed by atoms with Gasteiger partial charge in [0.15, 0.2) is 11.5 Å². The predicted molar refractivity (Wildman–Crippen MR) is 84.1 cm³/mol. The minimum atomic E-state index is 0.284. The van der Waals surface area contributed by atoms with Crippen LogP contribution in [0.5, 0.6) is 17.2 Å². The molecular formula is C16H15NO3S. The third-order valence-corrected chi connectivity index (χ3v) is 3.61. The van der Waals surface area contributed by atoms with Gasteiger partial charge in [-0.3, -0.25) is 0 Å². The fourth-order valence-corrected chi connectivity index (χ4v) is 2.40. The molecule has 0 aliphatic carbocycles. The van der Waals surface area contributed by atoms with Gasteiger partial charge in [0.05, 0.1) is 12.7 Å². The second-order valence-electron chi connectivity index (χ2n) is 4.57. The van der Waals surface area contributed by atoms with E-state index in [0.717, 1.165) is 28.4 Å². The normalized spacial score (nSPS) is 12.0. The molecule has 0 aromatic heterocycles. The molecule has 2 aromatic carbocycles. The Morgan fingerprint density at radius 2 is 2.00 bits per heavy atom. The summed E-state index contributed by atoms with van der Waals surface area (Å²) in [7, 11) is 1.64. The van der Waals surface area contributed by atoms with Crippen LogP contribution < -0.4 is 19.5 Å². The maximum absolute atomic E-state index is 5.43. The third kappa shape index (κ3) is 2.92. The van der Waals surface area contributed by atoms with Crippen molar-refractivity contribution in [2.45, 2.75) is 6.54 Å². The first-order valence-electron chi connectivity index (χ1n) is 6.57. The van der Waals surface area contributed by atoms with E-state index in [1.165, 1.54) is 0 Å². The topological polar surface area (TPSA) is 39.7 Å². The molecule has 0 unspecified atom stereocenters. The monoisotopic (exact) mass is 301 g/mol. The largest absolute Gasteiger partial charge is 0.496 e. The van der Waals surface area contributed by atoms with Gasteiger partial charge < -0.3 is 19.5 Å². The fraction of sp³-hybridized carbons (Fsp3) is 0.188. The molecule has 0 bridgehead atoms. The van der Waals surface area contributed by atoms with Crippen molar-refractivity contribution in [3.05, 3.63) is 53.6 Å². The summed E-state index contributed by atoms with van der Waals surface area (Å²) in [6.07, 6.45) is 0. The van der Waals surface area contributed by atoms with Gasteiger partial charge in [0.25, 0.3) is 0 Å². The molecule has 3 rings (SSSR count). The van der Waals surface area contributed by atoms with Crippen LogP contribution in [0, 0.1) is 0 Å². The maximum atomic E-state index is 5.43. The van der Waals surface area contributed by atoms with E-state index < -0.39 is 0 Å². The molecule has 5 heteroatoms. The Labute approximate surface area is 128 Å². The van der Waals surface area contributed by atoms with E-state index in [4.69, 9.17) is 26.4 Å². The Morgan fingerprint density at radius 3 is 2.86 bits per heavy atom. The maximum Gasteiger partial charge on any atom is 0.231 e. The molecule has 0 radical (unpaired) electrons. The summed E-state index contributed by atoms with van der Waals surface area (Å²) >= 11 is 5.43.